The van der Waals surface area contributed by atoms with E-state index in [9.17, 15) is 5.11 Å². The minimum Gasteiger partial charge on any atom is -0.394 e. The van der Waals surface area contributed by atoms with Crippen LogP contribution >= 0.6 is 11.3 Å². The summed E-state index contributed by atoms with van der Waals surface area (Å²) in [6.07, 6.45) is 1.83. The Morgan fingerprint density at radius 2 is 2.47 bits per heavy atom. The topological polar surface area (TPSA) is 45.6 Å². The van der Waals surface area contributed by atoms with Gasteiger partial charge in [0.15, 0.2) is 0 Å². The Hall–Kier alpha value is -1.17. The molecule has 0 radical (unpaired) electrons. The summed E-state index contributed by atoms with van der Waals surface area (Å²) in [5.74, 6) is 0.964. The van der Waals surface area contributed by atoms with Gasteiger partial charge in [0.05, 0.1) is 25.9 Å². The van der Waals surface area contributed by atoms with Crippen molar-refractivity contribution < 1.29 is 9.84 Å². The summed E-state index contributed by atoms with van der Waals surface area (Å²) < 4.78 is 6.63. The lowest BCUT2D eigenvalue weighted by Crippen LogP contribution is -2.48. The number of pyridine rings is 1. The highest BCUT2D eigenvalue weighted by Crippen LogP contribution is 2.30. The number of aliphatic hydroxyl groups is 1. The molecule has 2 aromatic rings. The van der Waals surface area contributed by atoms with Gasteiger partial charge >= 0.3 is 0 Å². The van der Waals surface area contributed by atoms with Crippen LogP contribution in [0.2, 0.25) is 0 Å². The first-order valence-corrected chi connectivity index (χ1v) is 6.55. The van der Waals surface area contributed by atoms with E-state index < -0.39 is 0 Å². The fourth-order valence-corrected chi connectivity index (χ4v) is 2.97. The summed E-state index contributed by atoms with van der Waals surface area (Å²) >= 11 is 1.71. The van der Waals surface area contributed by atoms with Gasteiger partial charge in [0, 0.05) is 22.8 Å². The number of anilines is 1. The average molecular weight is 250 g/mol. The van der Waals surface area contributed by atoms with Crippen molar-refractivity contribution in [1.29, 1.82) is 0 Å². The molecule has 0 amide bonds. The smallest absolute Gasteiger partial charge is 0.137 e. The van der Waals surface area contributed by atoms with Crippen LogP contribution in [-0.2, 0) is 4.74 Å². The maximum Gasteiger partial charge on any atom is 0.137 e. The van der Waals surface area contributed by atoms with Crippen molar-refractivity contribution in [2.75, 3.05) is 31.3 Å². The summed E-state index contributed by atoms with van der Waals surface area (Å²) in [6.45, 7) is 2.15. The number of rotatable bonds is 2. The quantitative estimate of drug-likeness (QED) is 0.877. The molecule has 0 spiro atoms. The number of hydrogen-bond donors (Lipinski definition) is 1. The molecule has 1 N–H and O–H groups in total. The number of ether oxygens (including phenoxy) is 1. The molecule has 1 fully saturated rings. The molecule has 2 aromatic heterocycles. The molecular formula is C12H14N2O2S. The molecule has 1 atom stereocenters. The van der Waals surface area contributed by atoms with E-state index in [0.29, 0.717) is 13.2 Å². The van der Waals surface area contributed by atoms with Crippen LogP contribution in [0.1, 0.15) is 0 Å². The molecule has 1 aliphatic rings. The minimum absolute atomic E-state index is 0.0155. The summed E-state index contributed by atoms with van der Waals surface area (Å²) in [6, 6.07) is 4.13. The van der Waals surface area contributed by atoms with Crippen LogP contribution in [0.15, 0.2) is 23.7 Å². The first-order chi connectivity index (χ1) is 8.40. The lowest BCUT2D eigenvalue weighted by Gasteiger charge is -2.35. The number of nitrogens with zero attached hydrogens (tertiary/aromatic N) is 2. The zero-order valence-corrected chi connectivity index (χ0v) is 10.2. The molecule has 90 valence electrons. The van der Waals surface area contributed by atoms with E-state index in [2.05, 4.69) is 21.3 Å². The fraction of sp³-hybridized carbons (Fsp3) is 0.417. The zero-order valence-electron chi connectivity index (χ0n) is 9.37. The third kappa shape index (κ3) is 1.90. The van der Waals surface area contributed by atoms with Crippen LogP contribution in [0.25, 0.3) is 10.1 Å². The Bertz CT molecular complexity index is 514. The highest BCUT2D eigenvalue weighted by atomic mass is 32.1. The molecule has 4 nitrogen and oxygen atoms in total. The molecule has 0 bridgehead atoms. The molecule has 3 heterocycles. The Labute approximate surface area is 103 Å². The Morgan fingerprint density at radius 1 is 1.53 bits per heavy atom. The van der Waals surface area contributed by atoms with Gasteiger partial charge in [-0.05, 0) is 17.5 Å². The highest BCUT2D eigenvalue weighted by molar-refractivity contribution is 7.17. The van der Waals surface area contributed by atoms with Gasteiger partial charge < -0.3 is 14.7 Å². The van der Waals surface area contributed by atoms with Gasteiger partial charge in [-0.15, -0.1) is 11.3 Å². The van der Waals surface area contributed by atoms with E-state index in [4.69, 9.17) is 4.74 Å². The molecular weight excluding hydrogens is 236 g/mol. The predicted octanol–water partition coefficient (Wildman–Crippen LogP) is 1.49. The summed E-state index contributed by atoms with van der Waals surface area (Å²) in [5.41, 5.74) is 0. The van der Waals surface area contributed by atoms with Crippen molar-refractivity contribution in [1.82, 2.24) is 4.98 Å². The molecule has 3 rings (SSSR count). The van der Waals surface area contributed by atoms with Gasteiger partial charge in [-0.25, -0.2) is 4.98 Å². The monoisotopic (exact) mass is 250 g/mol. The van der Waals surface area contributed by atoms with Crippen LogP contribution < -0.4 is 4.90 Å². The first kappa shape index (κ1) is 11.0. The molecule has 0 aromatic carbocycles. The zero-order chi connectivity index (χ0) is 11.7. The normalized spacial score (nSPS) is 21.0. The maximum atomic E-state index is 9.40. The number of fused-ring (bicyclic) bond motifs is 1. The largest absolute Gasteiger partial charge is 0.394 e. The Morgan fingerprint density at radius 3 is 3.35 bits per heavy atom. The van der Waals surface area contributed by atoms with Gasteiger partial charge in [-0.3, -0.25) is 0 Å². The molecule has 1 unspecified atom stereocenters. The summed E-state index contributed by atoms with van der Waals surface area (Å²) in [7, 11) is 0. The van der Waals surface area contributed by atoms with Gasteiger partial charge in [0.1, 0.15) is 5.82 Å². The van der Waals surface area contributed by atoms with Crippen molar-refractivity contribution in [2.45, 2.75) is 6.04 Å². The van der Waals surface area contributed by atoms with E-state index >= 15 is 0 Å². The summed E-state index contributed by atoms with van der Waals surface area (Å²) in [5, 5.41) is 12.6. The van der Waals surface area contributed by atoms with E-state index in [0.717, 1.165) is 17.7 Å². The third-order valence-corrected chi connectivity index (χ3v) is 3.95. The second-order valence-corrected chi connectivity index (χ2v) is 5.02. The van der Waals surface area contributed by atoms with Crippen molar-refractivity contribution in [3.8, 4) is 0 Å². The van der Waals surface area contributed by atoms with Crippen molar-refractivity contribution in [3.63, 3.8) is 0 Å². The first-order valence-electron chi connectivity index (χ1n) is 5.67. The SMILES string of the molecule is OCC1COCCN1c1nccc2sccc12. The maximum absolute atomic E-state index is 9.40. The molecule has 1 aliphatic heterocycles. The number of morpholine rings is 1. The predicted molar refractivity (Wildman–Crippen MR) is 68.7 cm³/mol. The molecule has 17 heavy (non-hydrogen) atoms. The fourth-order valence-electron chi connectivity index (χ4n) is 2.19. The van der Waals surface area contributed by atoms with Gasteiger partial charge in [0.25, 0.3) is 0 Å². The van der Waals surface area contributed by atoms with Gasteiger partial charge in [-0.1, -0.05) is 0 Å². The summed E-state index contributed by atoms with van der Waals surface area (Å²) in [4.78, 5) is 6.62. The van der Waals surface area contributed by atoms with Crippen molar-refractivity contribution in [2.24, 2.45) is 0 Å². The average Bonchev–Trinajstić information content (AvgIpc) is 2.86. The van der Waals surface area contributed by atoms with E-state index in [1.54, 1.807) is 11.3 Å². The van der Waals surface area contributed by atoms with Crippen LogP contribution in [0.3, 0.4) is 0 Å². The standard InChI is InChI=1S/C12H14N2O2S/c15-7-9-8-16-5-4-14(9)12-10-2-6-17-11(10)1-3-13-12/h1-3,6,9,15H,4-5,7-8H2. The lowest BCUT2D eigenvalue weighted by atomic mass is 10.2. The van der Waals surface area contributed by atoms with Crippen LogP contribution in [0, 0.1) is 0 Å². The minimum atomic E-state index is 0.0155. The Kier molecular flexibility index (Phi) is 2.96. The van der Waals surface area contributed by atoms with Crippen LogP contribution in [0.4, 0.5) is 5.82 Å². The number of aromatic nitrogens is 1. The number of aliphatic hydroxyl groups excluding tert-OH is 1. The number of thiophene rings is 1. The second kappa shape index (κ2) is 4.60. The van der Waals surface area contributed by atoms with E-state index in [1.165, 1.54) is 4.70 Å². The van der Waals surface area contributed by atoms with Gasteiger partial charge in [0.2, 0.25) is 0 Å². The third-order valence-electron chi connectivity index (χ3n) is 3.07. The molecule has 0 saturated carbocycles. The molecule has 0 aliphatic carbocycles. The Balaban J connectivity index is 2.04. The second-order valence-electron chi connectivity index (χ2n) is 4.07. The van der Waals surface area contributed by atoms with E-state index in [-0.39, 0.29) is 12.6 Å². The van der Waals surface area contributed by atoms with Crippen LogP contribution in [0.5, 0.6) is 0 Å². The molecule has 1 saturated heterocycles. The lowest BCUT2D eigenvalue weighted by molar-refractivity contribution is 0.0724. The van der Waals surface area contributed by atoms with E-state index in [1.807, 2.05) is 12.3 Å². The molecule has 5 heteroatoms. The number of hydrogen-bond acceptors (Lipinski definition) is 5. The highest BCUT2D eigenvalue weighted by Gasteiger charge is 2.24. The van der Waals surface area contributed by atoms with Crippen LogP contribution in [-0.4, -0.2) is 42.5 Å². The van der Waals surface area contributed by atoms with Crippen molar-refractivity contribution in [3.05, 3.63) is 23.7 Å². The van der Waals surface area contributed by atoms with Gasteiger partial charge in [-0.2, -0.15) is 0 Å². The van der Waals surface area contributed by atoms with Crippen molar-refractivity contribution >= 4 is 27.2 Å².